The van der Waals surface area contributed by atoms with E-state index in [1.165, 1.54) is 25.1 Å². The van der Waals surface area contributed by atoms with Gasteiger partial charge >= 0.3 is 5.97 Å². The number of anilines is 1. The van der Waals surface area contributed by atoms with E-state index in [4.69, 9.17) is 4.74 Å². The molecule has 0 aromatic heterocycles. The minimum Gasteiger partial charge on any atom is -0.449 e. The maximum Gasteiger partial charge on any atom is 0.341 e. The highest BCUT2D eigenvalue weighted by molar-refractivity contribution is 9.10. The number of hydrogen-bond acceptors (Lipinski definition) is 3. The summed E-state index contributed by atoms with van der Waals surface area (Å²) in [6.45, 7) is 1.42. The van der Waals surface area contributed by atoms with Crippen molar-refractivity contribution in [1.29, 1.82) is 0 Å². The molecule has 22 heavy (non-hydrogen) atoms. The van der Waals surface area contributed by atoms with Gasteiger partial charge in [-0.25, -0.2) is 9.18 Å². The van der Waals surface area contributed by atoms with Crippen molar-refractivity contribution < 1.29 is 18.7 Å². The summed E-state index contributed by atoms with van der Waals surface area (Å²) in [4.78, 5) is 23.8. The lowest BCUT2D eigenvalue weighted by molar-refractivity contribution is -0.123. The van der Waals surface area contributed by atoms with Gasteiger partial charge in [-0.3, -0.25) is 4.79 Å². The van der Waals surface area contributed by atoms with Crippen LogP contribution in [-0.4, -0.2) is 18.0 Å². The highest BCUT2D eigenvalue weighted by Gasteiger charge is 2.20. The number of carbonyl (C=O) groups is 2. The smallest absolute Gasteiger partial charge is 0.341 e. The number of amides is 1. The Bertz CT molecular complexity index is 688. The topological polar surface area (TPSA) is 55.4 Å². The average molecular weight is 366 g/mol. The second kappa shape index (κ2) is 7.17. The van der Waals surface area contributed by atoms with Crippen LogP contribution in [-0.2, 0) is 9.53 Å². The Labute approximate surface area is 135 Å². The van der Waals surface area contributed by atoms with E-state index in [9.17, 15) is 14.0 Å². The summed E-state index contributed by atoms with van der Waals surface area (Å²) in [5.74, 6) is -2.06. The monoisotopic (exact) mass is 365 g/mol. The summed E-state index contributed by atoms with van der Waals surface area (Å²) >= 11 is 3.29. The lowest BCUT2D eigenvalue weighted by Crippen LogP contribution is -2.30. The molecule has 2 rings (SSSR count). The van der Waals surface area contributed by atoms with E-state index in [-0.39, 0.29) is 5.56 Å². The first-order chi connectivity index (χ1) is 10.5. The molecule has 0 fully saturated rings. The van der Waals surface area contributed by atoms with Gasteiger partial charge < -0.3 is 10.1 Å². The molecule has 0 aliphatic heterocycles. The number of hydrogen-bond donors (Lipinski definition) is 1. The summed E-state index contributed by atoms with van der Waals surface area (Å²) in [6, 6.07) is 12.4. The Hall–Kier alpha value is -2.21. The zero-order chi connectivity index (χ0) is 16.1. The molecule has 0 aliphatic carbocycles. The maximum absolute atomic E-state index is 13.5. The van der Waals surface area contributed by atoms with E-state index in [1.54, 1.807) is 24.3 Å². The van der Waals surface area contributed by atoms with E-state index < -0.39 is 23.8 Å². The fraction of sp³-hybridized carbons (Fsp3) is 0.125. The Kier molecular flexibility index (Phi) is 5.27. The molecule has 1 atom stereocenters. The molecule has 0 bridgehead atoms. The van der Waals surface area contributed by atoms with E-state index in [1.807, 2.05) is 0 Å². The van der Waals surface area contributed by atoms with Crippen LogP contribution in [0.3, 0.4) is 0 Å². The molecule has 2 aromatic carbocycles. The molecule has 0 saturated carbocycles. The number of ether oxygens (including phenoxy) is 1. The van der Waals surface area contributed by atoms with Crippen molar-refractivity contribution in [2.24, 2.45) is 0 Å². The zero-order valence-corrected chi connectivity index (χ0v) is 13.3. The quantitative estimate of drug-likeness (QED) is 0.839. The molecule has 4 nitrogen and oxygen atoms in total. The Morgan fingerprint density at radius 1 is 1.14 bits per heavy atom. The third kappa shape index (κ3) is 4.14. The van der Waals surface area contributed by atoms with Crippen LogP contribution in [0.4, 0.5) is 10.1 Å². The molecule has 0 heterocycles. The number of carbonyl (C=O) groups excluding carboxylic acids is 2. The third-order valence-corrected chi connectivity index (χ3v) is 3.39. The van der Waals surface area contributed by atoms with Gasteiger partial charge in [0.05, 0.1) is 5.56 Å². The number of nitrogens with one attached hydrogen (secondary N) is 1. The predicted octanol–water partition coefficient (Wildman–Crippen LogP) is 3.77. The average Bonchev–Trinajstić information content (AvgIpc) is 2.49. The van der Waals surface area contributed by atoms with E-state index in [2.05, 4.69) is 21.2 Å². The SMILES string of the molecule is C[C@@H](OC(=O)c1ccccc1F)C(=O)Nc1ccc(Br)cc1. The summed E-state index contributed by atoms with van der Waals surface area (Å²) in [5.41, 5.74) is 0.368. The van der Waals surface area contributed by atoms with Crippen LogP contribution in [0.1, 0.15) is 17.3 Å². The second-order valence-corrected chi connectivity index (χ2v) is 5.44. The van der Waals surface area contributed by atoms with Gasteiger partial charge in [-0.05, 0) is 43.3 Å². The maximum atomic E-state index is 13.5. The first-order valence-electron chi connectivity index (χ1n) is 6.49. The molecule has 0 aliphatic rings. The lowest BCUT2D eigenvalue weighted by Gasteiger charge is -2.13. The van der Waals surface area contributed by atoms with E-state index in [0.717, 1.165) is 10.5 Å². The van der Waals surface area contributed by atoms with Crippen molar-refractivity contribution in [3.05, 3.63) is 64.4 Å². The Morgan fingerprint density at radius 3 is 2.41 bits per heavy atom. The normalized spacial score (nSPS) is 11.6. The summed E-state index contributed by atoms with van der Waals surface area (Å²) in [5, 5.41) is 2.61. The van der Waals surface area contributed by atoms with Crippen molar-refractivity contribution in [1.82, 2.24) is 0 Å². The van der Waals surface area contributed by atoms with Crippen molar-refractivity contribution >= 4 is 33.5 Å². The van der Waals surface area contributed by atoms with Crippen LogP contribution in [0, 0.1) is 5.82 Å². The van der Waals surface area contributed by atoms with Crippen molar-refractivity contribution in [3.8, 4) is 0 Å². The van der Waals surface area contributed by atoms with Crippen LogP contribution in [0.25, 0.3) is 0 Å². The highest BCUT2D eigenvalue weighted by Crippen LogP contribution is 2.15. The van der Waals surface area contributed by atoms with Gasteiger partial charge in [0, 0.05) is 10.2 Å². The molecular formula is C16H13BrFNO3. The molecule has 1 amide bonds. The van der Waals surface area contributed by atoms with E-state index in [0.29, 0.717) is 5.69 Å². The van der Waals surface area contributed by atoms with Gasteiger partial charge in [0.2, 0.25) is 0 Å². The predicted molar refractivity (Wildman–Crippen MR) is 84.0 cm³/mol. The molecule has 1 N–H and O–H groups in total. The fourth-order valence-electron chi connectivity index (χ4n) is 1.68. The highest BCUT2D eigenvalue weighted by atomic mass is 79.9. The van der Waals surface area contributed by atoms with Gasteiger partial charge in [0.1, 0.15) is 5.82 Å². The van der Waals surface area contributed by atoms with Gasteiger partial charge in [0.25, 0.3) is 5.91 Å². The number of rotatable bonds is 4. The first kappa shape index (κ1) is 16.2. The molecule has 0 spiro atoms. The van der Waals surface area contributed by atoms with E-state index >= 15 is 0 Å². The van der Waals surface area contributed by atoms with Crippen molar-refractivity contribution in [2.45, 2.75) is 13.0 Å². The van der Waals surface area contributed by atoms with Crippen LogP contribution >= 0.6 is 15.9 Å². The van der Waals surface area contributed by atoms with Gasteiger partial charge in [0.15, 0.2) is 6.10 Å². The summed E-state index contributed by atoms with van der Waals surface area (Å²) < 4.78 is 19.3. The van der Waals surface area contributed by atoms with Crippen LogP contribution in [0.15, 0.2) is 53.0 Å². The minimum atomic E-state index is -1.05. The Balaban J connectivity index is 1.98. The summed E-state index contributed by atoms with van der Waals surface area (Å²) in [6.07, 6.45) is -1.05. The minimum absolute atomic E-state index is 0.203. The molecule has 0 unspecified atom stereocenters. The fourth-order valence-corrected chi connectivity index (χ4v) is 1.95. The molecular weight excluding hydrogens is 353 g/mol. The molecule has 6 heteroatoms. The van der Waals surface area contributed by atoms with Crippen LogP contribution in [0.5, 0.6) is 0 Å². The number of halogens is 2. The van der Waals surface area contributed by atoms with Gasteiger partial charge in [-0.1, -0.05) is 28.1 Å². The largest absolute Gasteiger partial charge is 0.449 e. The van der Waals surface area contributed by atoms with Crippen LogP contribution in [0.2, 0.25) is 0 Å². The zero-order valence-electron chi connectivity index (χ0n) is 11.7. The second-order valence-electron chi connectivity index (χ2n) is 4.52. The molecule has 114 valence electrons. The number of benzene rings is 2. The third-order valence-electron chi connectivity index (χ3n) is 2.86. The molecule has 0 saturated heterocycles. The standard InChI is InChI=1S/C16H13BrFNO3/c1-10(15(20)19-12-8-6-11(17)7-9-12)22-16(21)13-4-2-3-5-14(13)18/h2-10H,1H3,(H,19,20)/t10-/m1/s1. The first-order valence-corrected chi connectivity index (χ1v) is 7.28. The van der Waals surface area contributed by atoms with Gasteiger partial charge in [-0.2, -0.15) is 0 Å². The summed E-state index contributed by atoms with van der Waals surface area (Å²) in [7, 11) is 0. The molecule has 2 aromatic rings. The van der Waals surface area contributed by atoms with Gasteiger partial charge in [-0.15, -0.1) is 0 Å². The van der Waals surface area contributed by atoms with Crippen molar-refractivity contribution in [3.63, 3.8) is 0 Å². The lowest BCUT2D eigenvalue weighted by atomic mass is 10.2. The molecule has 0 radical (unpaired) electrons. The van der Waals surface area contributed by atoms with Crippen LogP contribution < -0.4 is 5.32 Å². The Morgan fingerprint density at radius 2 is 1.77 bits per heavy atom. The van der Waals surface area contributed by atoms with Crippen molar-refractivity contribution in [2.75, 3.05) is 5.32 Å². The number of esters is 1.